The molecule has 2 aliphatic rings. The standard InChI is InChI=1S/C29H36N2O/c1-23(2)22-29(17-6-9-24-8-4-5-10-28(24)29)25-15-19-31(20-16-25)18-7-21-32-27-13-11-26(30-3)12-14-27/h4-5,8,10-14,25H,1,6-7,9,15-22H2,2H3. The molecule has 1 fully saturated rings. The molecular weight excluding hydrogens is 392 g/mol. The third kappa shape index (κ3) is 5.08. The first-order chi connectivity index (χ1) is 15.6. The van der Waals surface area contributed by atoms with Crippen molar-refractivity contribution < 1.29 is 4.74 Å². The maximum atomic E-state index is 7.03. The molecule has 0 spiro atoms. The topological polar surface area (TPSA) is 16.8 Å². The summed E-state index contributed by atoms with van der Waals surface area (Å²) in [4.78, 5) is 6.04. The van der Waals surface area contributed by atoms with E-state index in [1.807, 2.05) is 24.3 Å². The van der Waals surface area contributed by atoms with Gasteiger partial charge in [-0.1, -0.05) is 42.0 Å². The molecule has 1 aliphatic carbocycles. The molecule has 2 aromatic rings. The highest BCUT2D eigenvalue weighted by Crippen LogP contribution is 2.50. The van der Waals surface area contributed by atoms with Crippen molar-refractivity contribution in [3.05, 3.63) is 83.2 Å². The second kappa shape index (κ2) is 10.4. The first-order valence-electron chi connectivity index (χ1n) is 12.2. The molecule has 0 saturated carbocycles. The van der Waals surface area contributed by atoms with Crippen molar-refractivity contribution in [2.24, 2.45) is 5.92 Å². The second-order valence-electron chi connectivity index (χ2n) is 9.72. The molecule has 32 heavy (non-hydrogen) atoms. The summed E-state index contributed by atoms with van der Waals surface area (Å²) >= 11 is 0. The number of fused-ring (bicyclic) bond motifs is 1. The van der Waals surface area contributed by atoms with Crippen molar-refractivity contribution in [2.45, 2.75) is 57.3 Å². The highest BCUT2D eigenvalue weighted by atomic mass is 16.5. The van der Waals surface area contributed by atoms with Gasteiger partial charge in [0.15, 0.2) is 5.69 Å². The van der Waals surface area contributed by atoms with Crippen LogP contribution < -0.4 is 4.74 Å². The van der Waals surface area contributed by atoms with Crippen molar-refractivity contribution in [3.63, 3.8) is 0 Å². The van der Waals surface area contributed by atoms with E-state index in [0.29, 0.717) is 5.69 Å². The Morgan fingerprint density at radius 1 is 1.16 bits per heavy atom. The number of likely N-dealkylation sites (tertiary alicyclic amines) is 1. The molecule has 0 aromatic heterocycles. The largest absolute Gasteiger partial charge is 0.494 e. The second-order valence-corrected chi connectivity index (χ2v) is 9.72. The van der Waals surface area contributed by atoms with Crippen LogP contribution in [0, 0.1) is 12.5 Å². The summed E-state index contributed by atoms with van der Waals surface area (Å²) in [5.41, 5.74) is 5.46. The molecule has 3 heteroatoms. The molecule has 1 heterocycles. The van der Waals surface area contributed by atoms with Gasteiger partial charge in [-0.2, -0.15) is 0 Å². The number of rotatable bonds is 8. The molecule has 0 radical (unpaired) electrons. The number of hydrogen-bond acceptors (Lipinski definition) is 2. The molecule has 0 amide bonds. The molecule has 1 unspecified atom stereocenters. The van der Waals surface area contributed by atoms with Crippen molar-refractivity contribution in [2.75, 3.05) is 26.2 Å². The smallest absolute Gasteiger partial charge is 0.187 e. The number of ether oxygens (including phenoxy) is 1. The monoisotopic (exact) mass is 428 g/mol. The van der Waals surface area contributed by atoms with Crippen LogP contribution in [0.5, 0.6) is 5.75 Å². The highest BCUT2D eigenvalue weighted by molar-refractivity contribution is 5.47. The van der Waals surface area contributed by atoms with E-state index in [-0.39, 0.29) is 5.41 Å². The van der Waals surface area contributed by atoms with Gasteiger partial charge in [0.05, 0.1) is 13.2 Å². The number of nitrogens with zero attached hydrogens (tertiary/aromatic N) is 2. The predicted octanol–water partition coefficient (Wildman–Crippen LogP) is 6.96. The Balaban J connectivity index is 1.31. The Labute approximate surface area is 193 Å². The van der Waals surface area contributed by atoms with E-state index in [1.54, 1.807) is 11.1 Å². The fourth-order valence-corrected chi connectivity index (χ4v) is 6.05. The van der Waals surface area contributed by atoms with Crippen molar-refractivity contribution in [1.29, 1.82) is 0 Å². The lowest BCUT2D eigenvalue weighted by Gasteiger charge is -2.48. The van der Waals surface area contributed by atoms with Crippen LogP contribution in [0.3, 0.4) is 0 Å². The molecule has 0 bridgehead atoms. The fraction of sp³-hybridized carbons (Fsp3) is 0.483. The molecule has 1 saturated heterocycles. The van der Waals surface area contributed by atoms with Gasteiger partial charge in [0.1, 0.15) is 5.75 Å². The van der Waals surface area contributed by atoms with Gasteiger partial charge in [-0.3, -0.25) is 0 Å². The first kappa shape index (κ1) is 22.6. The van der Waals surface area contributed by atoms with E-state index < -0.39 is 0 Å². The number of allylic oxidation sites excluding steroid dienone is 1. The van der Waals surface area contributed by atoms with E-state index in [4.69, 9.17) is 11.3 Å². The van der Waals surface area contributed by atoms with Crippen LogP contribution in [0.2, 0.25) is 0 Å². The van der Waals surface area contributed by atoms with Crippen LogP contribution in [0.1, 0.15) is 56.6 Å². The Morgan fingerprint density at radius 2 is 1.91 bits per heavy atom. The zero-order valence-electron chi connectivity index (χ0n) is 19.5. The average Bonchev–Trinajstić information content (AvgIpc) is 2.82. The Bertz CT molecular complexity index is 950. The molecule has 3 nitrogen and oxygen atoms in total. The number of piperidine rings is 1. The van der Waals surface area contributed by atoms with Crippen molar-refractivity contribution in [1.82, 2.24) is 4.90 Å². The van der Waals surface area contributed by atoms with Crippen LogP contribution in [0.4, 0.5) is 5.69 Å². The third-order valence-electron chi connectivity index (χ3n) is 7.46. The van der Waals surface area contributed by atoms with Gasteiger partial charge in [-0.15, -0.1) is 6.58 Å². The summed E-state index contributed by atoms with van der Waals surface area (Å²) in [5, 5.41) is 0. The molecule has 1 atom stereocenters. The Hall–Kier alpha value is -2.57. The normalized spacial score (nSPS) is 21.5. The Morgan fingerprint density at radius 3 is 2.62 bits per heavy atom. The third-order valence-corrected chi connectivity index (χ3v) is 7.46. The number of hydrogen-bond donors (Lipinski definition) is 0. The first-order valence-corrected chi connectivity index (χ1v) is 12.2. The zero-order valence-corrected chi connectivity index (χ0v) is 19.5. The molecule has 0 N–H and O–H groups in total. The van der Waals surface area contributed by atoms with Crippen LogP contribution in [-0.2, 0) is 11.8 Å². The summed E-state index contributed by atoms with van der Waals surface area (Å²) in [5.74, 6) is 1.60. The van der Waals surface area contributed by atoms with E-state index in [9.17, 15) is 0 Å². The van der Waals surface area contributed by atoms with E-state index in [2.05, 4.69) is 47.5 Å². The van der Waals surface area contributed by atoms with Gasteiger partial charge in [-0.25, -0.2) is 4.85 Å². The van der Waals surface area contributed by atoms with Crippen molar-refractivity contribution >= 4 is 5.69 Å². The molecular formula is C29H36N2O. The maximum absolute atomic E-state index is 7.03. The van der Waals surface area contributed by atoms with Gasteiger partial charge in [0.2, 0.25) is 0 Å². The lowest BCUT2D eigenvalue weighted by Crippen LogP contribution is -2.45. The van der Waals surface area contributed by atoms with Crippen LogP contribution in [0.25, 0.3) is 4.85 Å². The molecule has 2 aromatic carbocycles. The van der Waals surface area contributed by atoms with Gasteiger partial charge in [-0.05, 0) is 94.1 Å². The van der Waals surface area contributed by atoms with Gasteiger partial charge in [0.25, 0.3) is 0 Å². The summed E-state index contributed by atoms with van der Waals surface area (Å²) in [6.07, 6.45) is 8.57. The number of aryl methyl sites for hydroxylation is 1. The van der Waals surface area contributed by atoms with Crippen LogP contribution >= 0.6 is 0 Å². The van der Waals surface area contributed by atoms with Gasteiger partial charge in [0, 0.05) is 12.0 Å². The van der Waals surface area contributed by atoms with E-state index >= 15 is 0 Å². The van der Waals surface area contributed by atoms with Gasteiger partial charge >= 0.3 is 0 Å². The minimum Gasteiger partial charge on any atom is -0.494 e. The maximum Gasteiger partial charge on any atom is 0.187 e. The summed E-state index contributed by atoms with van der Waals surface area (Å²) in [7, 11) is 0. The molecule has 1 aliphatic heterocycles. The van der Waals surface area contributed by atoms with Crippen molar-refractivity contribution in [3.8, 4) is 5.75 Å². The Kier molecular flexibility index (Phi) is 7.33. The minimum atomic E-state index is 0.285. The number of benzene rings is 2. The average molecular weight is 429 g/mol. The molecule has 168 valence electrons. The quantitative estimate of drug-likeness (QED) is 0.257. The fourth-order valence-electron chi connectivity index (χ4n) is 6.05. The van der Waals surface area contributed by atoms with E-state index in [0.717, 1.165) is 37.7 Å². The minimum absolute atomic E-state index is 0.285. The van der Waals surface area contributed by atoms with Crippen LogP contribution in [0.15, 0.2) is 60.7 Å². The summed E-state index contributed by atoms with van der Waals surface area (Å²) < 4.78 is 5.87. The lowest BCUT2D eigenvalue weighted by atomic mass is 9.58. The lowest BCUT2D eigenvalue weighted by molar-refractivity contribution is 0.109. The van der Waals surface area contributed by atoms with Gasteiger partial charge < -0.3 is 9.64 Å². The SMILES string of the molecule is [C-]#[N+]c1ccc(OCCCN2CCC(C3(CC(=C)C)CCCc4ccccc43)CC2)cc1. The van der Waals surface area contributed by atoms with Crippen LogP contribution in [-0.4, -0.2) is 31.1 Å². The predicted molar refractivity (Wildman–Crippen MR) is 132 cm³/mol. The summed E-state index contributed by atoms with van der Waals surface area (Å²) in [6.45, 7) is 17.8. The molecule has 4 rings (SSSR count). The van der Waals surface area contributed by atoms with E-state index in [1.165, 1.54) is 50.8 Å². The zero-order chi connectivity index (χ0) is 22.4. The highest BCUT2D eigenvalue weighted by Gasteiger charge is 2.43. The summed E-state index contributed by atoms with van der Waals surface area (Å²) in [6, 6.07) is 16.6.